The summed E-state index contributed by atoms with van der Waals surface area (Å²) in [5.41, 5.74) is 3.14. The van der Waals surface area contributed by atoms with Gasteiger partial charge in [0.05, 0.1) is 6.61 Å². The van der Waals surface area contributed by atoms with Gasteiger partial charge in [-0.15, -0.1) is 0 Å². The molecule has 0 radical (unpaired) electrons. The fourth-order valence-corrected chi connectivity index (χ4v) is 2.34. The number of esters is 1. The lowest BCUT2D eigenvalue weighted by molar-refractivity contribution is 0.0492. The van der Waals surface area contributed by atoms with Gasteiger partial charge >= 0.3 is 5.97 Å². The lowest BCUT2D eigenvalue weighted by Gasteiger charge is -2.01. The van der Waals surface area contributed by atoms with Crippen molar-refractivity contribution < 1.29 is 13.9 Å². The molecule has 0 N–H and O–H groups in total. The molecule has 3 rings (SSSR count). The predicted molar refractivity (Wildman–Crippen MR) is 81.4 cm³/mol. The van der Waals surface area contributed by atoms with Crippen molar-refractivity contribution >= 4 is 16.9 Å². The lowest BCUT2D eigenvalue weighted by Crippen LogP contribution is -2.02. The Morgan fingerprint density at radius 1 is 1.05 bits per heavy atom. The molecule has 0 amide bonds. The summed E-state index contributed by atoms with van der Waals surface area (Å²) in [7, 11) is 0. The summed E-state index contributed by atoms with van der Waals surface area (Å²) in [6.45, 7) is 2.12. The first kappa shape index (κ1) is 13.4. The second kappa shape index (κ2) is 5.83. The third kappa shape index (κ3) is 2.97. The Hall–Kier alpha value is -2.55. The molecule has 0 atom stereocenters. The maximum Gasteiger partial charge on any atom is 0.374 e. The van der Waals surface area contributed by atoms with Gasteiger partial charge in [-0.3, -0.25) is 0 Å². The molecule has 2 aromatic carbocycles. The van der Waals surface area contributed by atoms with Crippen LogP contribution in [0.25, 0.3) is 11.0 Å². The molecule has 0 aliphatic heterocycles. The lowest BCUT2D eigenvalue weighted by atomic mass is 10.0. The molecule has 1 heterocycles. The van der Waals surface area contributed by atoms with Gasteiger partial charge in [0.25, 0.3) is 0 Å². The molecule has 3 heteroatoms. The fraction of sp³-hybridized carbons (Fsp3) is 0.167. The van der Waals surface area contributed by atoms with E-state index >= 15 is 0 Å². The SMILES string of the molecule is CCOC(=O)c1cc2cc(Cc3ccccc3)ccc2o1. The van der Waals surface area contributed by atoms with Gasteiger partial charge in [-0.25, -0.2) is 4.79 Å². The van der Waals surface area contributed by atoms with E-state index < -0.39 is 5.97 Å². The third-order valence-electron chi connectivity index (χ3n) is 3.31. The topological polar surface area (TPSA) is 39.4 Å². The van der Waals surface area contributed by atoms with Crippen molar-refractivity contribution in [2.24, 2.45) is 0 Å². The van der Waals surface area contributed by atoms with Gasteiger partial charge in [0.15, 0.2) is 0 Å². The van der Waals surface area contributed by atoms with E-state index in [9.17, 15) is 4.79 Å². The normalized spacial score (nSPS) is 10.7. The van der Waals surface area contributed by atoms with Crippen molar-refractivity contribution in [3.63, 3.8) is 0 Å². The van der Waals surface area contributed by atoms with Crippen LogP contribution in [0.15, 0.2) is 59.0 Å². The van der Waals surface area contributed by atoms with Crippen LogP contribution in [0.5, 0.6) is 0 Å². The molecule has 21 heavy (non-hydrogen) atoms. The third-order valence-corrected chi connectivity index (χ3v) is 3.31. The van der Waals surface area contributed by atoms with Gasteiger partial charge in [-0.2, -0.15) is 0 Å². The van der Waals surface area contributed by atoms with E-state index in [1.54, 1.807) is 13.0 Å². The van der Waals surface area contributed by atoms with E-state index in [2.05, 4.69) is 18.2 Å². The fourth-order valence-electron chi connectivity index (χ4n) is 2.34. The van der Waals surface area contributed by atoms with Crippen LogP contribution in [-0.4, -0.2) is 12.6 Å². The highest BCUT2D eigenvalue weighted by Crippen LogP contribution is 2.22. The second-order valence-corrected chi connectivity index (χ2v) is 4.87. The van der Waals surface area contributed by atoms with Gasteiger partial charge in [0, 0.05) is 5.39 Å². The van der Waals surface area contributed by atoms with Gasteiger partial charge in [0.1, 0.15) is 5.58 Å². The van der Waals surface area contributed by atoms with Crippen LogP contribution in [0, 0.1) is 0 Å². The highest BCUT2D eigenvalue weighted by atomic mass is 16.5. The number of hydrogen-bond acceptors (Lipinski definition) is 3. The van der Waals surface area contributed by atoms with Gasteiger partial charge < -0.3 is 9.15 Å². The van der Waals surface area contributed by atoms with Crippen LogP contribution in [0.2, 0.25) is 0 Å². The number of carbonyl (C=O) groups is 1. The molecule has 0 aliphatic carbocycles. The van der Waals surface area contributed by atoms with E-state index in [0.717, 1.165) is 11.8 Å². The van der Waals surface area contributed by atoms with E-state index in [0.29, 0.717) is 12.2 Å². The number of hydrogen-bond donors (Lipinski definition) is 0. The Bertz CT molecular complexity index is 756. The highest BCUT2D eigenvalue weighted by Gasteiger charge is 2.13. The van der Waals surface area contributed by atoms with Crippen molar-refractivity contribution in [1.82, 2.24) is 0 Å². The first-order chi connectivity index (χ1) is 10.3. The summed E-state index contributed by atoms with van der Waals surface area (Å²) in [5.74, 6) is -0.165. The van der Waals surface area contributed by atoms with Gasteiger partial charge in [-0.05, 0) is 42.7 Å². The molecule has 0 saturated carbocycles. The Morgan fingerprint density at radius 2 is 1.86 bits per heavy atom. The largest absolute Gasteiger partial charge is 0.460 e. The van der Waals surface area contributed by atoms with Crippen molar-refractivity contribution in [2.45, 2.75) is 13.3 Å². The molecular weight excluding hydrogens is 264 g/mol. The molecular formula is C18H16O3. The maximum absolute atomic E-state index is 11.7. The summed E-state index contributed by atoms with van der Waals surface area (Å²) >= 11 is 0. The molecule has 0 fully saturated rings. The molecule has 0 saturated heterocycles. The predicted octanol–water partition coefficient (Wildman–Crippen LogP) is 4.20. The quantitative estimate of drug-likeness (QED) is 0.672. The minimum Gasteiger partial charge on any atom is -0.460 e. The molecule has 106 valence electrons. The number of benzene rings is 2. The number of carbonyl (C=O) groups excluding carboxylic acids is 1. The van der Waals surface area contributed by atoms with Crippen molar-refractivity contribution in [3.05, 3.63) is 71.5 Å². The Kier molecular flexibility index (Phi) is 3.73. The van der Waals surface area contributed by atoms with Crippen LogP contribution in [0.1, 0.15) is 28.6 Å². The average molecular weight is 280 g/mol. The summed E-state index contributed by atoms with van der Waals surface area (Å²) in [6.07, 6.45) is 0.858. The van der Waals surface area contributed by atoms with Crippen molar-refractivity contribution in [2.75, 3.05) is 6.61 Å². The Balaban J connectivity index is 1.88. The smallest absolute Gasteiger partial charge is 0.374 e. The molecule has 0 aliphatic rings. The number of ether oxygens (including phenoxy) is 1. The zero-order valence-corrected chi connectivity index (χ0v) is 11.8. The summed E-state index contributed by atoms with van der Waals surface area (Å²) in [4.78, 5) is 11.7. The van der Waals surface area contributed by atoms with Crippen molar-refractivity contribution in [3.8, 4) is 0 Å². The highest BCUT2D eigenvalue weighted by molar-refractivity contribution is 5.92. The molecule has 3 aromatic rings. The monoisotopic (exact) mass is 280 g/mol. The zero-order chi connectivity index (χ0) is 14.7. The Labute approximate surface area is 123 Å². The van der Waals surface area contributed by atoms with Crippen LogP contribution < -0.4 is 0 Å². The summed E-state index contributed by atoms with van der Waals surface area (Å²) < 4.78 is 10.5. The van der Waals surface area contributed by atoms with Gasteiger partial charge in [-0.1, -0.05) is 36.4 Å². The van der Waals surface area contributed by atoms with Crippen LogP contribution in [0.3, 0.4) is 0 Å². The van der Waals surface area contributed by atoms with E-state index in [1.807, 2.05) is 30.3 Å². The first-order valence-corrected chi connectivity index (χ1v) is 7.00. The van der Waals surface area contributed by atoms with E-state index in [4.69, 9.17) is 9.15 Å². The van der Waals surface area contributed by atoms with E-state index in [1.165, 1.54) is 11.1 Å². The van der Waals surface area contributed by atoms with Crippen LogP contribution >= 0.6 is 0 Å². The molecule has 3 nitrogen and oxygen atoms in total. The average Bonchev–Trinajstić information content (AvgIpc) is 2.92. The standard InChI is InChI=1S/C18H16O3/c1-2-20-18(19)17-12-15-11-14(8-9-16(15)21-17)10-13-6-4-3-5-7-13/h3-9,11-12H,2,10H2,1H3. The Morgan fingerprint density at radius 3 is 2.62 bits per heavy atom. The molecule has 0 unspecified atom stereocenters. The van der Waals surface area contributed by atoms with Crippen LogP contribution in [-0.2, 0) is 11.2 Å². The molecule has 0 bridgehead atoms. The summed E-state index contributed by atoms with van der Waals surface area (Å²) in [5, 5.41) is 0.923. The molecule has 0 spiro atoms. The number of fused-ring (bicyclic) bond motifs is 1. The van der Waals surface area contributed by atoms with E-state index in [-0.39, 0.29) is 5.76 Å². The first-order valence-electron chi connectivity index (χ1n) is 7.00. The minimum absolute atomic E-state index is 0.253. The maximum atomic E-state index is 11.7. The number of furan rings is 1. The summed E-state index contributed by atoms with van der Waals surface area (Å²) in [6, 6.07) is 18.0. The van der Waals surface area contributed by atoms with Crippen molar-refractivity contribution in [1.29, 1.82) is 0 Å². The second-order valence-electron chi connectivity index (χ2n) is 4.87. The van der Waals surface area contributed by atoms with Crippen LogP contribution in [0.4, 0.5) is 0 Å². The number of rotatable bonds is 4. The van der Waals surface area contributed by atoms with Gasteiger partial charge in [0.2, 0.25) is 5.76 Å². The zero-order valence-electron chi connectivity index (χ0n) is 11.8. The minimum atomic E-state index is -0.418. The molecule has 1 aromatic heterocycles.